The van der Waals surface area contributed by atoms with Crippen molar-refractivity contribution < 1.29 is 15.1 Å². The lowest BCUT2D eigenvalue weighted by atomic mass is 9.86. The van der Waals surface area contributed by atoms with E-state index in [0.717, 1.165) is 6.07 Å². The van der Waals surface area contributed by atoms with Crippen molar-refractivity contribution in [3.8, 4) is 11.8 Å². The highest BCUT2D eigenvalue weighted by atomic mass is 32.1. The van der Waals surface area contributed by atoms with Crippen LogP contribution < -0.4 is 11.1 Å². The van der Waals surface area contributed by atoms with Gasteiger partial charge in [0.25, 0.3) is 16.8 Å². The van der Waals surface area contributed by atoms with E-state index in [0.29, 0.717) is 0 Å². The maximum absolute atomic E-state index is 12.5. The summed E-state index contributed by atoms with van der Waals surface area (Å²) in [6, 6.07) is 5.07. The van der Waals surface area contributed by atoms with Gasteiger partial charge < -0.3 is 20.2 Å². The molecule has 6 N–H and O–H groups in total. The normalized spacial score (nSPS) is 10.9. The van der Waals surface area contributed by atoms with Crippen LogP contribution >= 0.6 is 24.4 Å². The molecule has 2 aromatic heterocycles. The summed E-state index contributed by atoms with van der Waals surface area (Å²) in [6.45, 7) is 0. The average Bonchev–Trinajstić information content (AvgIpc) is 2.58. The number of nitrogens with zero attached hydrogens (tertiary/aromatic N) is 1. The minimum Gasteiger partial charge on any atom is -0.494 e. The Hall–Kier alpha value is -3.58. The van der Waals surface area contributed by atoms with E-state index in [4.69, 9.17) is 24.4 Å². The number of hydrogen-bond acceptors (Lipinski definition) is 8. The van der Waals surface area contributed by atoms with E-state index in [1.165, 1.54) is 18.2 Å². The third kappa shape index (κ3) is 3.47. The number of nitro groups is 1. The Kier molecular flexibility index (Phi) is 4.94. The summed E-state index contributed by atoms with van der Waals surface area (Å²) in [5.74, 6) is -2.70. The summed E-state index contributed by atoms with van der Waals surface area (Å²) in [4.78, 5) is 44.7. The molecule has 28 heavy (non-hydrogen) atoms. The summed E-state index contributed by atoms with van der Waals surface area (Å²) < 4.78 is -0.343. The molecule has 0 bridgehead atoms. The van der Waals surface area contributed by atoms with E-state index in [1.807, 2.05) is 0 Å². The van der Waals surface area contributed by atoms with E-state index < -0.39 is 33.7 Å². The molecule has 3 aromatic rings. The molecular weight excluding hydrogens is 410 g/mol. The highest BCUT2D eigenvalue weighted by Crippen LogP contribution is 2.36. The molecule has 0 aliphatic heterocycles. The second-order valence-corrected chi connectivity index (χ2v) is 6.44. The van der Waals surface area contributed by atoms with Gasteiger partial charge >= 0.3 is 0 Å². The number of nitro benzene ring substituents is 1. The quantitative estimate of drug-likeness (QED) is 0.209. The fraction of sp³-hybridized carbons (Fsp3) is 0.0667. The smallest absolute Gasteiger partial charge is 0.269 e. The van der Waals surface area contributed by atoms with Crippen LogP contribution in [0.4, 0.5) is 5.69 Å². The number of non-ortho nitro benzene ring substituents is 1. The molecule has 0 saturated heterocycles. The van der Waals surface area contributed by atoms with Crippen LogP contribution in [0.5, 0.6) is 11.8 Å². The Morgan fingerprint density at radius 3 is 1.86 bits per heavy atom. The van der Waals surface area contributed by atoms with Crippen molar-refractivity contribution in [1.29, 1.82) is 0 Å². The molecule has 0 fully saturated rings. The summed E-state index contributed by atoms with van der Waals surface area (Å²) in [6.07, 6.45) is 0. The molecule has 3 rings (SSSR count). The van der Waals surface area contributed by atoms with Gasteiger partial charge in [0.1, 0.15) is 0 Å². The van der Waals surface area contributed by atoms with Gasteiger partial charge in [-0.2, -0.15) is 0 Å². The Labute approximate surface area is 164 Å². The van der Waals surface area contributed by atoms with E-state index in [9.17, 15) is 29.9 Å². The zero-order valence-corrected chi connectivity index (χ0v) is 15.3. The summed E-state index contributed by atoms with van der Waals surface area (Å²) >= 11 is 9.59. The van der Waals surface area contributed by atoms with Crippen molar-refractivity contribution in [2.75, 3.05) is 0 Å². The predicted octanol–water partition coefficient (Wildman–Crippen LogP) is 1.68. The van der Waals surface area contributed by atoms with Gasteiger partial charge in [-0.15, -0.1) is 0 Å². The zero-order valence-electron chi connectivity index (χ0n) is 13.7. The zero-order chi connectivity index (χ0) is 20.6. The lowest BCUT2D eigenvalue weighted by Crippen LogP contribution is -2.25. The molecule has 1 aromatic carbocycles. The number of aromatic nitrogens is 4. The second kappa shape index (κ2) is 7.21. The number of nitrogens with one attached hydrogen (secondary N) is 4. The maximum Gasteiger partial charge on any atom is 0.269 e. The molecule has 0 aliphatic carbocycles. The maximum atomic E-state index is 12.5. The Bertz CT molecular complexity index is 1250. The number of hydrogen-bond donors (Lipinski definition) is 6. The molecule has 0 atom stereocenters. The molecule has 144 valence electrons. The second-order valence-electron chi connectivity index (χ2n) is 5.63. The summed E-state index contributed by atoms with van der Waals surface area (Å²) in [7, 11) is 0. The minimum absolute atomic E-state index is 0.0897. The van der Waals surface area contributed by atoms with Crippen LogP contribution in [0.3, 0.4) is 0 Å². The first-order chi connectivity index (χ1) is 13.2. The van der Waals surface area contributed by atoms with Gasteiger partial charge in [0.05, 0.1) is 22.0 Å². The molecule has 11 nitrogen and oxygen atoms in total. The first kappa shape index (κ1) is 19.2. The Balaban J connectivity index is 2.44. The third-order valence-electron chi connectivity index (χ3n) is 3.91. The first-order valence-corrected chi connectivity index (χ1v) is 8.36. The van der Waals surface area contributed by atoms with Crippen molar-refractivity contribution >= 4 is 30.1 Å². The van der Waals surface area contributed by atoms with Crippen LogP contribution in [0, 0.1) is 19.7 Å². The number of H-pyrrole nitrogens is 4. The summed E-state index contributed by atoms with van der Waals surface area (Å²) in [5, 5.41) is 31.7. The molecule has 0 aliphatic rings. The van der Waals surface area contributed by atoms with Crippen LogP contribution in [-0.4, -0.2) is 35.1 Å². The summed E-state index contributed by atoms with van der Waals surface area (Å²) in [5.41, 5.74) is -2.67. The van der Waals surface area contributed by atoms with Crippen LogP contribution in [0.25, 0.3) is 0 Å². The lowest BCUT2D eigenvalue weighted by molar-refractivity contribution is -0.384. The van der Waals surface area contributed by atoms with Crippen molar-refractivity contribution in [2.45, 2.75) is 5.92 Å². The van der Waals surface area contributed by atoms with Gasteiger partial charge in [0, 0.05) is 12.1 Å². The molecule has 0 saturated carbocycles. The van der Waals surface area contributed by atoms with Gasteiger partial charge in [-0.3, -0.25) is 29.7 Å². The number of rotatable bonds is 4. The minimum atomic E-state index is -1.38. The van der Waals surface area contributed by atoms with Crippen LogP contribution in [0.15, 0.2) is 33.9 Å². The van der Waals surface area contributed by atoms with E-state index in [2.05, 4.69) is 19.9 Å². The predicted molar refractivity (Wildman–Crippen MR) is 102 cm³/mol. The SMILES string of the molecule is O=c1[nH]c(=S)[nH]c(O)c1C(c1cccc([N+](=O)[O-])c1)c1c(O)[nH]c(=S)[nH]c1=O. The fourth-order valence-electron chi connectivity index (χ4n) is 2.80. The topological polar surface area (TPSA) is 181 Å². The van der Waals surface area contributed by atoms with E-state index in [-0.39, 0.29) is 31.9 Å². The molecule has 0 radical (unpaired) electrons. The lowest BCUT2D eigenvalue weighted by Gasteiger charge is -2.18. The average molecular weight is 421 g/mol. The number of aromatic hydroxyl groups is 2. The third-order valence-corrected chi connectivity index (χ3v) is 4.32. The van der Waals surface area contributed by atoms with Gasteiger partial charge in [0.2, 0.25) is 0 Å². The van der Waals surface area contributed by atoms with E-state index >= 15 is 0 Å². The van der Waals surface area contributed by atoms with Gasteiger partial charge in [-0.1, -0.05) is 12.1 Å². The number of benzene rings is 1. The monoisotopic (exact) mass is 421 g/mol. The Morgan fingerprint density at radius 1 is 0.929 bits per heavy atom. The van der Waals surface area contributed by atoms with Gasteiger partial charge in [-0.05, 0) is 30.0 Å². The molecule has 0 amide bonds. The highest BCUT2D eigenvalue weighted by Gasteiger charge is 2.30. The van der Waals surface area contributed by atoms with Crippen molar-refractivity contribution in [1.82, 2.24) is 19.9 Å². The van der Waals surface area contributed by atoms with Gasteiger partial charge in [-0.25, -0.2) is 0 Å². The molecule has 0 spiro atoms. The molecule has 2 heterocycles. The molecular formula is C15H11N5O6S2. The van der Waals surface area contributed by atoms with Crippen LogP contribution in [0.2, 0.25) is 0 Å². The number of aromatic amines is 4. The fourth-order valence-corrected chi connectivity index (χ4v) is 3.18. The van der Waals surface area contributed by atoms with Crippen molar-refractivity contribution in [3.63, 3.8) is 0 Å². The van der Waals surface area contributed by atoms with Gasteiger partial charge in [0.15, 0.2) is 21.3 Å². The highest BCUT2D eigenvalue weighted by molar-refractivity contribution is 7.71. The standard InChI is InChI=1S/C15H11N5O6S2/c21-10-8(11(22)17-14(27)16-10)7(5-2-1-3-6(4-5)20(25)26)9-12(23)18-15(28)19-13(9)24/h1-4,7H,(H3,16,17,21,22,27)(H3,18,19,23,24,28). The van der Waals surface area contributed by atoms with Crippen molar-refractivity contribution in [2.24, 2.45) is 0 Å². The first-order valence-electron chi connectivity index (χ1n) is 7.54. The largest absolute Gasteiger partial charge is 0.494 e. The molecule has 13 heteroatoms. The van der Waals surface area contributed by atoms with Crippen LogP contribution in [-0.2, 0) is 0 Å². The van der Waals surface area contributed by atoms with Crippen LogP contribution in [0.1, 0.15) is 22.6 Å². The van der Waals surface area contributed by atoms with Crippen molar-refractivity contribution in [3.05, 3.63) is 81.3 Å². The van der Waals surface area contributed by atoms with E-state index in [1.54, 1.807) is 0 Å². The molecule has 0 unspecified atom stereocenters. The Morgan fingerprint density at radius 2 is 1.43 bits per heavy atom.